The highest BCUT2D eigenvalue weighted by molar-refractivity contribution is 6.33. The average Bonchev–Trinajstić information content (AvgIpc) is 2.70. The third-order valence-corrected chi connectivity index (χ3v) is 2.32. The van der Waals surface area contributed by atoms with Crippen LogP contribution in [0.15, 0.2) is 30.7 Å². The zero-order valence-corrected chi connectivity index (χ0v) is 8.12. The van der Waals surface area contributed by atoms with E-state index >= 15 is 0 Å². The van der Waals surface area contributed by atoms with Crippen molar-refractivity contribution in [1.29, 1.82) is 0 Å². The van der Waals surface area contributed by atoms with Crippen LogP contribution in [-0.2, 0) is 6.61 Å². The number of hydrogen-bond donors (Lipinski definition) is 2. The van der Waals surface area contributed by atoms with Gasteiger partial charge in [-0.1, -0.05) is 23.7 Å². The van der Waals surface area contributed by atoms with E-state index in [2.05, 4.69) is 9.97 Å². The van der Waals surface area contributed by atoms with Crippen molar-refractivity contribution in [1.82, 2.24) is 9.97 Å². The standard InChI is InChI=1S/C10H9ClN2O/c11-9-3-7(5-14)1-2-8(9)10-4-12-6-13-10/h1-4,6,14H,5H2,(H,12,13). The third kappa shape index (κ3) is 1.64. The van der Waals surface area contributed by atoms with Crippen LogP contribution in [0.1, 0.15) is 5.56 Å². The molecule has 0 aliphatic rings. The molecule has 0 aliphatic carbocycles. The molecule has 0 radical (unpaired) electrons. The van der Waals surface area contributed by atoms with Crippen molar-refractivity contribution >= 4 is 11.6 Å². The van der Waals surface area contributed by atoms with Gasteiger partial charge in [-0.2, -0.15) is 0 Å². The van der Waals surface area contributed by atoms with Crippen LogP contribution in [-0.4, -0.2) is 15.1 Å². The molecule has 0 saturated heterocycles. The van der Waals surface area contributed by atoms with Gasteiger partial charge in [-0.05, 0) is 11.6 Å². The molecule has 0 amide bonds. The maximum absolute atomic E-state index is 8.90. The second kappa shape index (κ2) is 3.82. The van der Waals surface area contributed by atoms with Crippen molar-refractivity contribution in [2.45, 2.75) is 6.61 Å². The van der Waals surface area contributed by atoms with Gasteiger partial charge in [-0.15, -0.1) is 0 Å². The molecule has 0 aliphatic heterocycles. The molecule has 0 atom stereocenters. The number of aliphatic hydroxyl groups excluding tert-OH is 1. The summed E-state index contributed by atoms with van der Waals surface area (Å²) >= 11 is 6.04. The van der Waals surface area contributed by atoms with E-state index in [4.69, 9.17) is 16.7 Å². The summed E-state index contributed by atoms with van der Waals surface area (Å²) in [4.78, 5) is 6.89. The van der Waals surface area contributed by atoms with Crippen molar-refractivity contribution < 1.29 is 5.11 Å². The summed E-state index contributed by atoms with van der Waals surface area (Å²) in [6.45, 7) is 0.00295. The van der Waals surface area contributed by atoms with Crippen molar-refractivity contribution in [3.05, 3.63) is 41.3 Å². The minimum absolute atomic E-state index is 0.00295. The quantitative estimate of drug-likeness (QED) is 0.795. The van der Waals surface area contributed by atoms with Crippen LogP contribution in [0, 0.1) is 0 Å². The Morgan fingerprint density at radius 3 is 2.86 bits per heavy atom. The van der Waals surface area contributed by atoms with Crippen LogP contribution in [0.25, 0.3) is 11.3 Å². The van der Waals surface area contributed by atoms with Gasteiger partial charge in [0.05, 0.1) is 29.8 Å². The number of H-pyrrole nitrogens is 1. The molecule has 0 bridgehead atoms. The Labute approximate surface area is 86.4 Å². The topological polar surface area (TPSA) is 48.9 Å². The van der Waals surface area contributed by atoms with E-state index < -0.39 is 0 Å². The maximum Gasteiger partial charge on any atom is 0.0924 e. The summed E-state index contributed by atoms with van der Waals surface area (Å²) in [6.07, 6.45) is 3.31. The van der Waals surface area contributed by atoms with Gasteiger partial charge in [0.2, 0.25) is 0 Å². The van der Waals surface area contributed by atoms with Crippen molar-refractivity contribution in [3.63, 3.8) is 0 Å². The van der Waals surface area contributed by atoms with E-state index in [9.17, 15) is 0 Å². The molecule has 0 fully saturated rings. The van der Waals surface area contributed by atoms with Crippen LogP contribution in [0.3, 0.4) is 0 Å². The van der Waals surface area contributed by atoms with Crippen LogP contribution in [0.2, 0.25) is 5.02 Å². The SMILES string of the molecule is OCc1ccc(-c2cnc[nH]2)c(Cl)c1. The fourth-order valence-electron chi connectivity index (χ4n) is 1.28. The van der Waals surface area contributed by atoms with Crippen molar-refractivity contribution in [3.8, 4) is 11.3 Å². The molecule has 2 aromatic rings. The maximum atomic E-state index is 8.90. The molecule has 3 nitrogen and oxygen atoms in total. The average molecular weight is 209 g/mol. The van der Waals surface area contributed by atoms with E-state index in [0.717, 1.165) is 16.8 Å². The Kier molecular flexibility index (Phi) is 2.52. The Balaban J connectivity index is 2.46. The number of rotatable bonds is 2. The van der Waals surface area contributed by atoms with Gasteiger partial charge in [-0.3, -0.25) is 0 Å². The van der Waals surface area contributed by atoms with Gasteiger partial charge >= 0.3 is 0 Å². The summed E-state index contributed by atoms with van der Waals surface area (Å²) in [6, 6.07) is 5.45. The zero-order valence-electron chi connectivity index (χ0n) is 7.37. The van der Waals surface area contributed by atoms with Crippen molar-refractivity contribution in [2.24, 2.45) is 0 Å². The first-order valence-electron chi connectivity index (χ1n) is 4.19. The van der Waals surface area contributed by atoms with E-state index in [1.54, 1.807) is 18.6 Å². The smallest absolute Gasteiger partial charge is 0.0924 e. The molecule has 2 rings (SSSR count). The minimum Gasteiger partial charge on any atom is -0.392 e. The van der Waals surface area contributed by atoms with Gasteiger partial charge in [0.25, 0.3) is 0 Å². The third-order valence-electron chi connectivity index (χ3n) is 2.00. The molecule has 1 aromatic carbocycles. The summed E-state index contributed by atoms with van der Waals surface area (Å²) in [7, 11) is 0. The second-order valence-electron chi connectivity index (χ2n) is 2.94. The lowest BCUT2D eigenvalue weighted by Crippen LogP contribution is -1.85. The first kappa shape index (κ1) is 9.24. The summed E-state index contributed by atoms with van der Waals surface area (Å²) in [5.41, 5.74) is 2.57. The molecule has 4 heteroatoms. The van der Waals surface area contributed by atoms with Crippen LogP contribution >= 0.6 is 11.6 Å². The van der Waals surface area contributed by atoms with E-state index in [1.165, 1.54) is 0 Å². The number of hydrogen-bond acceptors (Lipinski definition) is 2. The lowest BCUT2D eigenvalue weighted by atomic mass is 10.1. The Morgan fingerprint density at radius 2 is 2.29 bits per heavy atom. The molecule has 72 valence electrons. The molecular weight excluding hydrogens is 200 g/mol. The zero-order chi connectivity index (χ0) is 9.97. The van der Waals surface area contributed by atoms with Crippen LogP contribution in [0.5, 0.6) is 0 Å². The van der Waals surface area contributed by atoms with Gasteiger partial charge in [0.15, 0.2) is 0 Å². The van der Waals surface area contributed by atoms with Gasteiger partial charge < -0.3 is 10.1 Å². The molecular formula is C10H9ClN2O. The number of aromatic amines is 1. The fraction of sp³-hybridized carbons (Fsp3) is 0.100. The summed E-state index contributed by atoms with van der Waals surface area (Å²) in [5.74, 6) is 0. The van der Waals surface area contributed by atoms with E-state index in [1.807, 2.05) is 12.1 Å². The number of nitrogens with one attached hydrogen (secondary N) is 1. The molecule has 0 unspecified atom stereocenters. The summed E-state index contributed by atoms with van der Waals surface area (Å²) in [5, 5.41) is 9.52. The molecule has 0 saturated carbocycles. The number of imidazole rings is 1. The normalized spacial score (nSPS) is 10.4. The van der Waals surface area contributed by atoms with Gasteiger partial charge in [0.1, 0.15) is 0 Å². The Bertz CT molecular complexity index is 426. The molecule has 0 spiro atoms. The fourth-order valence-corrected chi connectivity index (χ4v) is 1.58. The molecule has 14 heavy (non-hydrogen) atoms. The number of nitrogens with zero attached hydrogens (tertiary/aromatic N) is 1. The monoisotopic (exact) mass is 208 g/mol. The molecule has 1 aromatic heterocycles. The first-order chi connectivity index (χ1) is 6.81. The van der Waals surface area contributed by atoms with Crippen LogP contribution < -0.4 is 0 Å². The number of benzene rings is 1. The first-order valence-corrected chi connectivity index (χ1v) is 4.57. The van der Waals surface area contributed by atoms with E-state index in [0.29, 0.717) is 5.02 Å². The van der Waals surface area contributed by atoms with Crippen molar-refractivity contribution in [2.75, 3.05) is 0 Å². The molecule has 2 N–H and O–H groups in total. The predicted octanol–water partition coefficient (Wildman–Crippen LogP) is 2.22. The Hall–Kier alpha value is -1.32. The molecule has 1 heterocycles. The lowest BCUT2D eigenvalue weighted by Gasteiger charge is -2.03. The summed E-state index contributed by atoms with van der Waals surface area (Å²) < 4.78 is 0. The highest BCUT2D eigenvalue weighted by Crippen LogP contribution is 2.26. The Morgan fingerprint density at radius 1 is 1.43 bits per heavy atom. The predicted molar refractivity (Wildman–Crippen MR) is 55.0 cm³/mol. The number of aromatic nitrogens is 2. The highest BCUT2D eigenvalue weighted by atomic mass is 35.5. The number of halogens is 1. The lowest BCUT2D eigenvalue weighted by molar-refractivity contribution is 0.282. The van der Waals surface area contributed by atoms with Gasteiger partial charge in [0, 0.05) is 5.56 Å². The minimum atomic E-state index is 0.00295. The van der Waals surface area contributed by atoms with Crippen LogP contribution in [0.4, 0.5) is 0 Å². The number of aliphatic hydroxyl groups is 1. The van der Waals surface area contributed by atoms with E-state index in [-0.39, 0.29) is 6.61 Å². The second-order valence-corrected chi connectivity index (χ2v) is 3.34. The highest BCUT2D eigenvalue weighted by Gasteiger charge is 2.04. The van der Waals surface area contributed by atoms with Gasteiger partial charge in [-0.25, -0.2) is 4.98 Å². The largest absolute Gasteiger partial charge is 0.392 e.